The van der Waals surface area contributed by atoms with Gasteiger partial charge in [-0.3, -0.25) is 4.79 Å². The van der Waals surface area contributed by atoms with Crippen molar-refractivity contribution in [1.82, 2.24) is 5.32 Å². The van der Waals surface area contributed by atoms with Gasteiger partial charge in [0.05, 0.1) is 6.54 Å². The van der Waals surface area contributed by atoms with Crippen LogP contribution in [0.4, 0.5) is 5.69 Å². The Morgan fingerprint density at radius 2 is 1.68 bits per heavy atom. The number of para-hydroxylation sites is 1. The van der Waals surface area contributed by atoms with Crippen molar-refractivity contribution < 1.29 is 14.6 Å². The van der Waals surface area contributed by atoms with Crippen molar-refractivity contribution in [1.29, 1.82) is 0 Å². The van der Waals surface area contributed by atoms with Crippen LogP contribution in [0, 0.1) is 0 Å². The molecule has 5 nitrogen and oxygen atoms in total. The van der Waals surface area contributed by atoms with E-state index in [1.54, 1.807) is 12.1 Å². The Morgan fingerprint density at radius 1 is 1.00 bits per heavy atom. The van der Waals surface area contributed by atoms with Gasteiger partial charge in [0.1, 0.15) is 11.5 Å². The fraction of sp³-hybridized carbons (Fsp3) is 0.235. The SMILES string of the molecule is O=C(CNCCCO)Nc1ccc(Oc2ccccc2)cc1. The summed E-state index contributed by atoms with van der Waals surface area (Å²) in [6.45, 7) is 0.966. The third-order valence-electron chi connectivity index (χ3n) is 2.91. The van der Waals surface area contributed by atoms with Crippen LogP contribution in [0.25, 0.3) is 0 Å². The van der Waals surface area contributed by atoms with Crippen LogP contribution in [0.2, 0.25) is 0 Å². The number of carbonyl (C=O) groups is 1. The van der Waals surface area contributed by atoms with Gasteiger partial charge in [0, 0.05) is 12.3 Å². The number of rotatable bonds is 8. The standard InChI is InChI=1S/C17H20N2O3/c20-12-4-11-18-13-17(21)19-14-7-9-16(10-8-14)22-15-5-2-1-3-6-15/h1-3,5-10,18,20H,4,11-13H2,(H,19,21). The van der Waals surface area contributed by atoms with Crippen LogP contribution in [-0.2, 0) is 4.79 Å². The molecule has 0 bridgehead atoms. The summed E-state index contributed by atoms with van der Waals surface area (Å²) in [6, 6.07) is 16.7. The third kappa shape index (κ3) is 5.55. The van der Waals surface area contributed by atoms with Gasteiger partial charge in [0.2, 0.25) is 5.91 Å². The number of amides is 1. The van der Waals surface area contributed by atoms with E-state index in [2.05, 4.69) is 10.6 Å². The van der Waals surface area contributed by atoms with E-state index in [1.165, 1.54) is 0 Å². The first-order chi connectivity index (χ1) is 10.8. The fourth-order valence-corrected chi connectivity index (χ4v) is 1.84. The maximum Gasteiger partial charge on any atom is 0.238 e. The zero-order valence-electron chi connectivity index (χ0n) is 12.3. The van der Waals surface area contributed by atoms with Gasteiger partial charge >= 0.3 is 0 Å². The quantitative estimate of drug-likeness (QED) is 0.655. The molecule has 0 spiro atoms. The van der Waals surface area contributed by atoms with Crippen molar-refractivity contribution >= 4 is 11.6 Å². The van der Waals surface area contributed by atoms with Crippen molar-refractivity contribution in [3.63, 3.8) is 0 Å². The van der Waals surface area contributed by atoms with E-state index in [4.69, 9.17) is 9.84 Å². The highest BCUT2D eigenvalue weighted by Gasteiger charge is 2.02. The number of hydrogen-bond acceptors (Lipinski definition) is 4. The molecule has 3 N–H and O–H groups in total. The second kappa shape index (κ2) is 8.81. The molecule has 0 saturated heterocycles. The Hall–Kier alpha value is -2.37. The highest BCUT2D eigenvalue weighted by Crippen LogP contribution is 2.22. The average Bonchev–Trinajstić information content (AvgIpc) is 2.54. The highest BCUT2D eigenvalue weighted by atomic mass is 16.5. The van der Waals surface area contributed by atoms with E-state index in [0.717, 1.165) is 11.4 Å². The van der Waals surface area contributed by atoms with E-state index >= 15 is 0 Å². The lowest BCUT2D eigenvalue weighted by molar-refractivity contribution is -0.115. The number of carbonyl (C=O) groups excluding carboxylic acids is 1. The smallest absolute Gasteiger partial charge is 0.238 e. The maximum atomic E-state index is 11.7. The Morgan fingerprint density at radius 3 is 2.36 bits per heavy atom. The van der Waals surface area contributed by atoms with Gasteiger partial charge in [-0.1, -0.05) is 18.2 Å². The predicted octanol–water partition coefficient (Wildman–Crippen LogP) is 2.39. The van der Waals surface area contributed by atoms with E-state index in [-0.39, 0.29) is 19.1 Å². The number of nitrogens with one attached hydrogen (secondary N) is 2. The van der Waals surface area contributed by atoms with Gasteiger partial charge in [0.15, 0.2) is 0 Å². The van der Waals surface area contributed by atoms with Gasteiger partial charge in [-0.15, -0.1) is 0 Å². The number of aliphatic hydroxyl groups excluding tert-OH is 1. The monoisotopic (exact) mass is 300 g/mol. The molecule has 5 heteroatoms. The first kappa shape index (κ1) is 16.0. The van der Waals surface area contributed by atoms with Crippen LogP contribution in [0.1, 0.15) is 6.42 Å². The van der Waals surface area contributed by atoms with Crippen LogP contribution < -0.4 is 15.4 Å². The summed E-state index contributed by atoms with van der Waals surface area (Å²) in [5.74, 6) is 1.37. The molecule has 0 fully saturated rings. The zero-order chi connectivity index (χ0) is 15.6. The second-order valence-electron chi connectivity index (χ2n) is 4.74. The molecular weight excluding hydrogens is 280 g/mol. The minimum absolute atomic E-state index is 0.116. The number of aliphatic hydroxyl groups is 1. The Balaban J connectivity index is 1.80. The molecule has 0 aliphatic carbocycles. The molecule has 2 rings (SSSR count). The molecule has 0 aliphatic heterocycles. The van der Waals surface area contributed by atoms with E-state index < -0.39 is 0 Å². The van der Waals surface area contributed by atoms with Gasteiger partial charge in [-0.05, 0) is 49.4 Å². The van der Waals surface area contributed by atoms with Crippen molar-refractivity contribution in [3.8, 4) is 11.5 Å². The van der Waals surface area contributed by atoms with E-state index in [0.29, 0.717) is 18.7 Å². The second-order valence-corrected chi connectivity index (χ2v) is 4.74. The van der Waals surface area contributed by atoms with Gasteiger partial charge < -0.3 is 20.5 Å². The molecule has 22 heavy (non-hydrogen) atoms. The lowest BCUT2D eigenvalue weighted by Crippen LogP contribution is -2.29. The zero-order valence-corrected chi connectivity index (χ0v) is 12.3. The van der Waals surface area contributed by atoms with E-state index in [9.17, 15) is 4.79 Å². The van der Waals surface area contributed by atoms with Crippen molar-refractivity contribution in [2.24, 2.45) is 0 Å². The van der Waals surface area contributed by atoms with Crippen LogP contribution >= 0.6 is 0 Å². The Bertz CT molecular complexity index is 570. The summed E-state index contributed by atoms with van der Waals surface area (Å²) >= 11 is 0. The van der Waals surface area contributed by atoms with Crippen LogP contribution in [0.15, 0.2) is 54.6 Å². The van der Waals surface area contributed by atoms with Crippen LogP contribution in [0.3, 0.4) is 0 Å². The normalized spacial score (nSPS) is 10.2. The minimum atomic E-state index is -0.116. The summed E-state index contributed by atoms with van der Waals surface area (Å²) in [6.07, 6.45) is 0.638. The molecule has 0 saturated carbocycles. The van der Waals surface area contributed by atoms with Crippen molar-refractivity contribution in [3.05, 3.63) is 54.6 Å². The average molecular weight is 300 g/mol. The topological polar surface area (TPSA) is 70.6 Å². The van der Waals surface area contributed by atoms with Gasteiger partial charge in [-0.25, -0.2) is 0 Å². The molecule has 0 aliphatic rings. The largest absolute Gasteiger partial charge is 0.457 e. The maximum absolute atomic E-state index is 11.7. The Labute approximate surface area is 129 Å². The van der Waals surface area contributed by atoms with Crippen LogP contribution in [-0.4, -0.2) is 30.7 Å². The summed E-state index contributed by atoms with van der Waals surface area (Å²) in [7, 11) is 0. The third-order valence-corrected chi connectivity index (χ3v) is 2.91. The van der Waals surface area contributed by atoms with Crippen molar-refractivity contribution in [2.45, 2.75) is 6.42 Å². The number of hydrogen-bond donors (Lipinski definition) is 3. The fourth-order valence-electron chi connectivity index (χ4n) is 1.84. The molecular formula is C17H20N2O3. The predicted molar refractivity (Wildman–Crippen MR) is 86.2 cm³/mol. The highest BCUT2D eigenvalue weighted by molar-refractivity contribution is 5.92. The summed E-state index contributed by atoms with van der Waals surface area (Å²) in [5, 5.41) is 14.4. The first-order valence-corrected chi connectivity index (χ1v) is 7.22. The molecule has 116 valence electrons. The molecule has 0 atom stereocenters. The molecule has 1 amide bonds. The molecule has 0 aromatic heterocycles. The van der Waals surface area contributed by atoms with Crippen molar-refractivity contribution in [2.75, 3.05) is 25.0 Å². The molecule has 0 unspecified atom stereocenters. The van der Waals surface area contributed by atoms with E-state index in [1.807, 2.05) is 42.5 Å². The van der Waals surface area contributed by atoms with Crippen LogP contribution in [0.5, 0.6) is 11.5 Å². The number of ether oxygens (including phenoxy) is 1. The number of anilines is 1. The molecule has 2 aromatic carbocycles. The Kier molecular flexibility index (Phi) is 6.41. The summed E-state index contributed by atoms with van der Waals surface area (Å²) in [4.78, 5) is 11.7. The number of benzene rings is 2. The van der Waals surface area contributed by atoms with Gasteiger partial charge in [0.25, 0.3) is 0 Å². The minimum Gasteiger partial charge on any atom is -0.457 e. The molecule has 0 heterocycles. The molecule has 0 radical (unpaired) electrons. The first-order valence-electron chi connectivity index (χ1n) is 7.22. The lowest BCUT2D eigenvalue weighted by Gasteiger charge is -2.08. The summed E-state index contributed by atoms with van der Waals surface area (Å²) < 4.78 is 5.68. The van der Waals surface area contributed by atoms with Gasteiger partial charge in [-0.2, -0.15) is 0 Å². The lowest BCUT2D eigenvalue weighted by atomic mass is 10.3. The summed E-state index contributed by atoms with van der Waals surface area (Å²) in [5.41, 5.74) is 0.717. The molecule has 2 aromatic rings.